The van der Waals surface area contributed by atoms with Crippen LogP contribution < -0.4 is 10.3 Å². The lowest BCUT2D eigenvalue weighted by atomic mass is 10.3. The van der Waals surface area contributed by atoms with Crippen molar-refractivity contribution in [3.63, 3.8) is 0 Å². The van der Waals surface area contributed by atoms with E-state index >= 15 is 0 Å². The molecule has 0 atom stereocenters. The summed E-state index contributed by atoms with van der Waals surface area (Å²) >= 11 is 3.39. The Bertz CT molecular complexity index is 294. The lowest BCUT2D eigenvalue weighted by Crippen LogP contribution is -2.21. The minimum absolute atomic E-state index is 0.752. The van der Waals surface area contributed by atoms with Crippen LogP contribution in [0.2, 0.25) is 0 Å². The lowest BCUT2D eigenvalue weighted by Gasteiger charge is -2.12. The predicted molar refractivity (Wildman–Crippen MR) is 53.1 cm³/mol. The normalized spacial score (nSPS) is 14.9. The highest BCUT2D eigenvalue weighted by atomic mass is 79.9. The fourth-order valence-electron chi connectivity index (χ4n) is 1.06. The minimum Gasteiger partial charge on any atom is -0.311 e. The molecule has 2 rings (SSSR count). The third-order valence-electron chi connectivity index (χ3n) is 1.69. The van der Waals surface area contributed by atoms with E-state index in [4.69, 9.17) is 0 Å². The summed E-state index contributed by atoms with van der Waals surface area (Å²) in [6.45, 7) is 0.752. The van der Waals surface area contributed by atoms with Gasteiger partial charge in [-0.25, -0.2) is 0 Å². The Morgan fingerprint density at radius 1 is 1.33 bits per heavy atom. The predicted octanol–water partition coefficient (Wildman–Crippen LogP) is 1.76. The maximum atomic E-state index is 3.90. The maximum Gasteiger partial charge on any atom is 0.117 e. The van der Waals surface area contributed by atoms with E-state index in [1.165, 1.54) is 0 Å². The summed E-state index contributed by atoms with van der Waals surface area (Å²) in [5.74, 6) is 0. The molecule has 0 bridgehead atoms. The summed E-state index contributed by atoms with van der Waals surface area (Å²) in [5.41, 5.74) is 4.01. The maximum absolute atomic E-state index is 3.90. The van der Waals surface area contributed by atoms with E-state index in [9.17, 15) is 0 Å². The van der Waals surface area contributed by atoms with E-state index in [1.807, 2.05) is 29.2 Å². The van der Waals surface area contributed by atoms with E-state index in [-0.39, 0.29) is 0 Å². The van der Waals surface area contributed by atoms with Gasteiger partial charge in [-0.3, -0.25) is 5.43 Å². The second-order valence-corrected chi connectivity index (χ2v) is 3.42. The topological polar surface area (TPSA) is 27.6 Å². The van der Waals surface area contributed by atoms with Gasteiger partial charge in [-0.15, -0.1) is 0 Å². The smallest absolute Gasteiger partial charge is 0.117 e. The van der Waals surface area contributed by atoms with Crippen molar-refractivity contribution in [1.82, 2.24) is 5.43 Å². The van der Waals surface area contributed by atoms with Gasteiger partial charge in [-0.2, -0.15) is 5.10 Å². The number of anilines is 1. The average Bonchev–Trinajstić information content (AvgIpc) is 2.58. The second-order valence-electron chi connectivity index (χ2n) is 2.51. The monoisotopic (exact) mass is 225 g/mol. The summed E-state index contributed by atoms with van der Waals surface area (Å²) < 4.78 is 1.09. The summed E-state index contributed by atoms with van der Waals surface area (Å²) in [7, 11) is 0. The lowest BCUT2D eigenvalue weighted by molar-refractivity contribution is 0.807. The van der Waals surface area contributed by atoms with Gasteiger partial charge >= 0.3 is 0 Å². The molecule has 62 valence electrons. The molecule has 0 radical (unpaired) electrons. The number of hydrogen-bond donors (Lipinski definition) is 1. The first-order chi connectivity index (χ1) is 5.86. The van der Waals surface area contributed by atoms with Crippen molar-refractivity contribution in [2.75, 3.05) is 11.6 Å². The molecular formula is C8H8BrN3. The molecule has 0 aromatic heterocycles. The molecule has 0 aliphatic carbocycles. The van der Waals surface area contributed by atoms with E-state index in [0.29, 0.717) is 0 Å². The minimum atomic E-state index is 0.752. The highest BCUT2D eigenvalue weighted by Gasteiger charge is 2.05. The van der Waals surface area contributed by atoms with Crippen molar-refractivity contribution < 1.29 is 0 Å². The molecule has 0 fully saturated rings. The number of nitrogens with zero attached hydrogens (tertiary/aromatic N) is 2. The summed E-state index contributed by atoms with van der Waals surface area (Å²) in [6.07, 6.45) is 1.78. The molecule has 0 spiro atoms. The molecule has 1 aliphatic heterocycles. The van der Waals surface area contributed by atoms with Crippen LogP contribution in [0.5, 0.6) is 0 Å². The highest BCUT2D eigenvalue weighted by Crippen LogP contribution is 2.17. The van der Waals surface area contributed by atoms with Crippen molar-refractivity contribution in [3.8, 4) is 0 Å². The molecule has 1 heterocycles. The molecule has 0 unspecified atom stereocenters. The van der Waals surface area contributed by atoms with Gasteiger partial charge in [-0.05, 0) is 24.3 Å². The largest absolute Gasteiger partial charge is 0.311 e. The van der Waals surface area contributed by atoms with Crippen molar-refractivity contribution in [2.45, 2.75) is 0 Å². The molecule has 12 heavy (non-hydrogen) atoms. The third kappa shape index (κ3) is 1.43. The molecule has 0 amide bonds. The quantitative estimate of drug-likeness (QED) is 0.790. The van der Waals surface area contributed by atoms with Crippen LogP contribution in [0.4, 0.5) is 5.69 Å². The van der Waals surface area contributed by atoms with Crippen LogP contribution in [0.15, 0.2) is 33.8 Å². The number of hydrogen-bond acceptors (Lipinski definition) is 3. The van der Waals surface area contributed by atoms with Crippen LogP contribution in [0, 0.1) is 0 Å². The molecule has 1 aromatic carbocycles. The highest BCUT2D eigenvalue weighted by molar-refractivity contribution is 9.10. The van der Waals surface area contributed by atoms with Crippen molar-refractivity contribution >= 4 is 28.0 Å². The standard InChI is InChI=1S/C8H8BrN3/c9-7-1-3-8(4-2-7)12-5-10-11-6-12/h1-5,11H,6H2. The van der Waals surface area contributed by atoms with E-state index in [2.05, 4.69) is 26.5 Å². The molecule has 1 N–H and O–H groups in total. The van der Waals surface area contributed by atoms with Crippen LogP contribution in [0.3, 0.4) is 0 Å². The first-order valence-corrected chi connectivity index (χ1v) is 4.44. The number of nitrogens with one attached hydrogen (secondary N) is 1. The van der Waals surface area contributed by atoms with E-state index in [0.717, 1.165) is 16.8 Å². The summed E-state index contributed by atoms with van der Waals surface area (Å²) in [4.78, 5) is 2.03. The third-order valence-corrected chi connectivity index (χ3v) is 2.22. The molecule has 0 saturated heterocycles. The Morgan fingerprint density at radius 3 is 2.67 bits per heavy atom. The first-order valence-electron chi connectivity index (χ1n) is 3.64. The number of benzene rings is 1. The van der Waals surface area contributed by atoms with Crippen molar-refractivity contribution in [2.24, 2.45) is 5.10 Å². The van der Waals surface area contributed by atoms with Crippen LogP contribution in [0.1, 0.15) is 0 Å². The van der Waals surface area contributed by atoms with Crippen LogP contribution >= 0.6 is 15.9 Å². The Kier molecular flexibility index (Phi) is 1.99. The molecule has 1 aliphatic rings. The van der Waals surface area contributed by atoms with E-state index < -0.39 is 0 Å². The fourth-order valence-corrected chi connectivity index (χ4v) is 1.32. The Hall–Kier alpha value is -1.03. The molecule has 4 heteroatoms. The van der Waals surface area contributed by atoms with Gasteiger partial charge in [0, 0.05) is 10.2 Å². The number of hydrazone groups is 1. The van der Waals surface area contributed by atoms with E-state index in [1.54, 1.807) is 6.34 Å². The number of rotatable bonds is 1. The molecule has 0 saturated carbocycles. The van der Waals surface area contributed by atoms with Crippen LogP contribution in [0.25, 0.3) is 0 Å². The first kappa shape index (κ1) is 7.61. The van der Waals surface area contributed by atoms with Gasteiger partial charge in [0.05, 0.1) is 0 Å². The fraction of sp³-hybridized carbons (Fsp3) is 0.125. The summed E-state index contributed by atoms with van der Waals surface area (Å²) in [6, 6.07) is 8.12. The average molecular weight is 226 g/mol. The SMILES string of the molecule is Brc1ccc(N2C=NNC2)cc1. The Labute approximate surface area is 79.2 Å². The van der Waals surface area contributed by atoms with Crippen molar-refractivity contribution in [1.29, 1.82) is 0 Å². The zero-order chi connectivity index (χ0) is 8.39. The Balaban J connectivity index is 2.23. The van der Waals surface area contributed by atoms with Gasteiger partial charge < -0.3 is 4.90 Å². The van der Waals surface area contributed by atoms with Gasteiger partial charge in [0.1, 0.15) is 13.0 Å². The molecule has 3 nitrogen and oxygen atoms in total. The summed E-state index contributed by atoms with van der Waals surface area (Å²) in [5, 5.41) is 3.90. The zero-order valence-electron chi connectivity index (χ0n) is 6.37. The molecule has 1 aromatic rings. The van der Waals surface area contributed by atoms with Crippen LogP contribution in [-0.2, 0) is 0 Å². The van der Waals surface area contributed by atoms with Gasteiger partial charge in [0.25, 0.3) is 0 Å². The van der Waals surface area contributed by atoms with Gasteiger partial charge in [-0.1, -0.05) is 15.9 Å². The van der Waals surface area contributed by atoms with Gasteiger partial charge in [0.2, 0.25) is 0 Å². The zero-order valence-corrected chi connectivity index (χ0v) is 7.95. The molecular weight excluding hydrogens is 218 g/mol. The number of halogens is 1. The van der Waals surface area contributed by atoms with Gasteiger partial charge in [0.15, 0.2) is 0 Å². The van der Waals surface area contributed by atoms with Crippen LogP contribution in [-0.4, -0.2) is 13.0 Å². The second kappa shape index (κ2) is 3.15. The Morgan fingerprint density at radius 2 is 2.08 bits per heavy atom. The van der Waals surface area contributed by atoms with Crippen molar-refractivity contribution in [3.05, 3.63) is 28.7 Å².